The number of amides is 1. The number of carbonyl (C=O) groups excluding carboxylic acids is 2. The van der Waals surface area contributed by atoms with E-state index in [0.29, 0.717) is 11.5 Å². The smallest absolute Gasteiger partial charge is 0.342 e. The lowest BCUT2D eigenvalue weighted by Gasteiger charge is -2.16. The Bertz CT molecular complexity index is 834. The van der Waals surface area contributed by atoms with Crippen LogP contribution in [-0.2, 0) is 16.1 Å². The van der Waals surface area contributed by atoms with Gasteiger partial charge in [-0.25, -0.2) is 4.79 Å². The molecule has 1 aromatic heterocycles. The monoisotopic (exact) mass is 371 g/mol. The van der Waals surface area contributed by atoms with E-state index < -0.39 is 12.6 Å². The Kier molecular flexibility index (Phi) is 6.94. The van der Waals surface area contributed by atoms with Crippen molar-refractivity contribution in [3.8, 4) is 11.8 Å². The SMILES string of the molecule is Cc1noc(C)c1COc1ccccc1C(=O)OCC(=O)N(C)CCC#N. The number of aryl methyl sites for hydroxylation is 2. The van der Waals surface area contributed by atoms with E-state index in [2.05, 4.69) is 5.16 Å². The maximum Gasteiger partial charge on any atom is 0.342 e. The highest BCUT2D eigenvalue weighted by Gasteiger charge is 2.18. The van der Waals surface area contributed by atoms with Crippen LogP contribution < -0.4 is 4.74 Å². The van der Waals surface area contributed by atoms with E-state index in [4.69, 9.17) is 19.3 Å². The van der Waals surface area contributed by atoms with Crippen LogP contribution in [0.3, 0.4) is 0 Å². The third-order valence-corrected chi connectivity index (χ3v) is 3.97. The summed E-state index contributed by atoms with van der Waals surface area (Å²) in [5, 5.41) is 12.4. The van der Waals surface area contributed by atoms with Gasteiger partial charge in [0.05, 0.1) is 23.7 Å². The molecule has 2 aromatic rings. The second kappa shape index (κ2) is 9.38. The molecule has 0 bridgehead atoms. The quantitative estimate of drug-likeness (QED) is 0.656. The number of benzene rings is 1. The molecular weight excluding hydrogens is 350 g/mol. The second-order valence-corrected chi connectivity index (χ2v) is 5.89. The zero-order valence-corrected chi connectivity index (χ0v) is 15.5. The van der Waals surface area contributed by atoms with Crippen LogP contribution in [0.1, 0.15) is 33.8 Å². The van der Waals surface area contributed by atoms with Crippen molar-refractivity contribution in [1.82, 2.24) is 10.1 Å². The van der Waals surface area contributed by atoms with Gasteiger partial charge < -0.3 is 18.9 Å². The van der Waals surface area contributed by atoms with Crippen molar-refractivity contribution in [3.63, 3.8) is 0 Å². The fourth-order valence-corrected chi connectivity index (χ4v) is 2.28. The molecule has 1 aromatic carbocycles. The van der Waals surface area contributed by atoms with Gasteiger partial charge in [0, 0.05) is 13.6 Å². The van der Waals surface area contributed by atoms with Gasteiger partial charge in [0.1, 0.15) is 23.7 Å². The van der Waals surface area contributed by atoms with Gasteiger partial charge in [-0.05, 0) is 26.0 Å². The molecule has 142 valence electrons. The first kappa shape index (κ1) is 20.0. The lowest BCUT2D eigenvalue weighted by Crippen LogP contribution is -2.32. The number of nitriles is 1. The predicted octanol–water partition coefficient (Wildman–Crippen LogP) is 2.40. The van der Waals surface area contributed by atoms with E-state index in [9.17, 15) is 9.59 Å². The molecular formula is C19H21N3O5. The molecule has 0 saturated heterocycles. The predicted molar refractivity (Wildman–Crippen MR) is 94.9 cm³/mol. The normalized spacial score (nSPS) is 10.1. The summed E-state index contributed by atoms with van der Waals surface area (Å²) in [5.74, 6) is -0.0505. The number of ether oxygens (including phenoxy) is 2. The van der Waals surface area contributed by atoms with Crippen molar-refractivity contribution in [1.29, 1.82) is 5.26 Å². The zero-order valence-electron chi connectivity index (χ0n) is 15.5. The molecule has 0 aliphatic carbocycles. The van der Waals surface area contributed by atoms with Crippen LogP contribution in [0.2, 0.25) is 0 Å². The molecule has 0 N–H and O–H groups in total. The number of rotatable bonds is 8. The fourth-order valence-electron chi connectivity index (χ4n) is 2.28. The van der Waals surface area contributed by atoms with Crippen molar-refractivity contribution < 1.29 is 23.6 Å². The molecule has 0 atom stereocenters. The Balaban J connectivity index is 1.99. The molecule has 8 nitrogen and oxygen atoms in total. The second-order valence-electron chi connectivity index (χ2n) is 5.89. The first-order chi connectivity index (χ1) is 12.9. The molecule has 1 amide bonds. The summed E-state index contributed by atoms with van der Waals surface area (Å²) in [6.07, 6.45) is 0.217. The van der Waals surface area contributed by atoms with Gasteiger partial charge in [0.25, 0.3) is 5.91 Å². The minimum atomic E-state index is -0.661. The number of likely N-dealkylation sites (N-methyl/N-ethyl adjacent to an activating group) is 1. The van der Waals surface area contributed by atoms with Crippen LogP contribution in [0.25, 0.3) is 0 Å². The number of nitrogens with zero attached hydrogens (tertiary/aromatic N) is 3. The lowest BCUT2D eigenvalue weighted by atomic mass is 10.2. The van der Waals surface area contributed by atoms with E-state index in [1.807, 2.05) is 13.0 Å². The number of hydrogen-bond donors (Lipinski definition) is 0. The fraction of sp³-hybridized carbons (Fsp3) is 0.368. The van der Waals surface area contributed by atoms with E-state index in [1.54, 1.807) is 38.2 Å². The van der Waals surface area contributed by atoms with Gasteiger partial charge >= 0.3 is 5.97 Å². The van der Waals surface area contributed by atoms with E-state index in [-0.39, 0.29) is 31.0 Å². The summed E-state index contributed by atoms with van der Waals surface area (Å²) in [5.41, 5.74) is 1.75. The number of carbonyl (C=O) groups is 2. The summed E-state index contributed by atoms with van der Waals surface area (Å²) in [6.45, 7) is 3.67. The number of para-hydroxylation sites is 1. The van der Waals surface area contributed by atoms with Gasteiger partial charge in [-0.1, -0.05) is 17.3 Å². The molecule has 0 unspecified atom stereocenters. The number of hydrogen-bond acceptors (Lipinski definition) is 7. The molecule has 0 radical (unpaired) electrons. The topological polar surface area (TPSA) is 106 Å². The molecule has 8 heteroatoms. The molecule has 0 aliphatic heterocycles. The van der Waals surface area contributed by atoms with Gasteiger partial charge in [0.2, 0.25) is 0 Å². The maximum absolute atomic E-state index is 12.3. The van der Waals surface area contributed by atoms with Crippen molar-refractivity contribution in [3.05, 3.63) is 46.8 Å². The summed E-state index contributed by atoms with van der Waals surface area (Å²) in [7, 11) is 1.55. The minimum absolute atomic E-state index is 0.196. The standard InChI is InChI=1S/C19H21N3O5/c1-13-16(14(2)27-21-13)11-25-17-8-5-4-7-15(17)19(24)26-12-18(23)22(3)10-6-9-20/h4-5,7-8H,6,10-12H2,1-3H3. The first-order valence-corrected chi connectivity index (χ1v) is 8.35. The molecule has 0 aliphatic rings. The molecule has 0 spiro atoms. The van der Waals surface area contributed by atoms with Crippen molar-refractivity contribution in [2.75, 3.05) is 20.2 Å². The summed E-state index contributed by atoms with van der Waals surface area (Å²) in [6, 6.07) is 8.59. The van der Waals surface area contributed by atoms with Crippen molar-refractivity contribution in [2.45, 2.75) is 26.9 Å². The number of aromatic nitrogens is 1. The van der Waals surface area contributed by atoms with Crippen LogP contribution in [-0.4, -0.2) is 42.1 Å². The highest BCUT2D eigenvalue weighted by Crippen LogP contribution is 2.22. The average molecular weight is 371 g/mol. The van der Waals surface area contributed by atoms with E-state index >= 15 is 0 Å². The first-order valence-electron chi connectivity index (χ1n) is 8.35. The Labute approximate surface area is 157 Å². The Morgan fingerprint density at radius 2 is 2.04 bits per heavy atom. The van der Waals surface area contributed by atoms with Gasteiger partial charge in [-0.15, -0.1) is 0 Å². The molecule has 0 fully saturated rings. The maximum atomic E-state index is 12.3. The molecule has 1 heterocycles. The Morgan fingerprint density at radius 1 is 1.30 bits per heavy atom. The summed E-state index contributed by atoms with van der Waals surface area (Å²) >= 11 is 0. The number of esters is 1. The van der Waals surface area contributed by atoms with Gasteiger partial charge in [-0.2, -0.15) is 5.26 Å². The van der Waals surface area contributed by atoms with Crippen molar-refractivity contribution in [2.24, 2.45) is 0 Å². The third kappa shape index (κ3) is 5.31. The minimum Gasteiger partial charge on any atom is -0.488 e. The Morgan fingerprint density at radius 3 is 2.70 bits per heavy atom. The third-order valence-electron chi connectivity index (χ3n) is 3.97. The largest absolute Gasteiger partial charge is 0.488 e. The van der Waals surface area contributed by atoms with Crippen LogP contribution in [0.4, 0.5) is 0 Å². The van der Waals surface area contributed by atoms with Crippen LogP contribution in [0.5, 0.6) is 5.75 Å². The lowest BCUT2D eigenvalue weighted by molar-refractivity contribution is -0.133. The van der Waals surface area contributed by atoms with Gasteiger partial charge in [-0.3, -0.25) is 4.79 Å². The molecule has 2 rings (SSSR count). The highest BCUT2D eigenvalue weighted by atomic mass is 16.5. The Hall–Kier alpha value is -3.34. The molecule has 0 saturated carbocycles. The zero-order chi connectivity index (χ0) is 19.8. The average Bonchev–Trinajstić information content (AvgIpc) is 3.00. The van der Waals surface area contributed by atoms with Crippen molar-refractivity contribution >= 4 is 11.9 Å². The summed E-state index contributed by atoms with van der Waals surface area (Å²) < 4.78 is 15.9. The summed E-state index contributed by atoms with van der Waals surface area (Å²) in [4.78, 5) is 25.6. The van der Waals surface area contributed by atoms with E-state index in [1.165, 1.54) is 4.90 Å². The molecule has 27 heavy (non-hydrogen) atoms. The van der Waals surface area contributed by atoms with E-state index in [0.717, 1.165) is 11.3 Å². The highest BCUT2D eigenvalue weighted by molar-refractivity contribution is 5.93. The van der Waals surface area contributed by atoms with Crippen LogP contribution in [0.15, 0.2) is 28.8 Å². The van der Waals surface area contributed by atoms with Crippen LogP contribution in [0, 0.1) is 25.2 Å². The van der Waals surface area contributed by atoms with Crippen LogP contribution >= 0.6 is 0 Å². The van der Waals surface area contributed by atoms with Gasteiger partial charge in [0.15, 0.2) is 6.61 Å².